The van der Waals surface area contributed by atoms with Gasteiger partial charge in [-0.15, -0.1) is 0 Å². The molecule has 178 valence electrons. The number of hydrogen-bond donors (Lipinski definition) is 1. The summed E-state index contributed by atoms with van der Waals surface area (Å²) < 4.78 is 5.61. The molecule has 2 amide bonds. The number of hydrogen-bond acceptors (Lipinski definition) is 4. The monoisotopic (exact) mass is 443 g/mol. The number of nitrogens with one attached hydrogen (secondary N) is 1. The first-order chi connectivity index (χ1) is 15.6. The Hall–Kier alpha value is -1.92. The normalized spacial score (nSPS) is 19.5. The Bertz CT molecular complexity index is 746. The Labute approximate surface area is 193 Å². The topological polar surface area (TPSA) is 61.9 Å². The minimum atomic E-state index is -0.0284. The van der Waals surface area contributed by atoms with Crippen LogP contribution in [0.3, 0.4) is 0 Å². The van der Waals surface area contributed by atoms with Crippen LogP contribution in [0, 0.1) is 0 Å². The van der Waals surface area contributed by atoms with Gasteiger partial charge in [0.2, 0.25) is 5.91 Å². The van der Waals surface area contributed by atoms with Gasteiger partial charge < -0.3 is 15.0 Å². The highest BCUT2D eigenvalue weighted by molar-refractivity contribution is 5.97. The lowest BCUT2D eigenvalue weighted by Crippen LogP contribution is -2.40. The fourth-order valence-corrected chi connectivity index (χ4v) is 4.82. The van der Waals surface area contributed by atoms with Gasteiger partial charge in [0, 0.05) is 57.1 Å². The van der Waals surface area contributed by atoms with Gasteiger partial charge in [-0.2, -0.15) is 0 Å². The standard InChI is InChI=1S/C26H41N3O3/c1-3-4-14-27-26(31)22-10-11-25-23(19-22)20-28(24-12-17-32-18-13-24)15-8-6-5-7-9-16-29(25)21(2)30/h10-11,19,24H,3-9,12-18,20H2,1-2H3,(H,27,31). The Balaban J connectivity index is 1.92. The highest BCUT2D eigenvalue weighted by Crippen LogP contribution is 2.28. The SMILES string of the molecule is CCCCNC(=O)c1ccc2c(c1)CN(C1CCOCC1)CCCCCCCN2C(C)=O. The summed E-state index contributed by atoms with van der Waals surface area (Å²) in [5, 5.41) is 3.03. The predicted molar refractivity (Wildman–Crippen MR) is 129 cm³/mol. The molecule has 2 aliphatic rings. The number of anilines is 1. The number of benzene rings is 1. The van der Waals surface area contributed by atoms with Gasteiger partial charge in [-0.25, -0.2) is 0 Å². The second-order valence-corrected chi connectivity index (χ2v) is 9.21. The van der Waals surface area contributed by atoms with Crippen molar-refractivity contribution >= 4 is 17.5 Å². The number of fused-ring (bicyclic) bond motifs is 1. The molecule has 2 heterocycles. The van der Waals surface area contributed by atoms with Crippen molar-refractivity contribution in [3.8, 4) is 0 Å². The maximum Gasteiger partial charge on any atom is 0.251 e. The van der Waals surface area contributed by atoms with Crippen molar-refractivity contribution in [2.45, 2.75) is 84.2 Å². The molecule has 2 aliphatic heterocycles. The fraction of sp³-hybridized carbons (Fsp3) is 0.692. The molecule has 6 nitrogen and oxygen atoms in total. The van der Waals surface area contributed by atoms with E-state index in [1.807, 2.05) is 23.1 Å². The lowest BCUT2D eigenvalue weighted by atomic mass is 10.0. The molecule has 0 atom stereocenters. The van der Waals surface area contributed by atoms with Crippen LogP contribution in [-0.2, 0) is 16.1 Å². The average Bonchev–Trinajstić information content (AvgIpc) is 2.79. The van der Waals surface area contributed by atoms with Crippen LogP contribution in [0.15, 0.2) is 18.2 Å². The van der Waals surface area contributed by atoms with E-state index >= 15 is 0 Å². The zero-order valence-electron chi connectivity index (χ0n) is 20.0. The minimum absolute atomic E-state index is 0.0284. The quantitative estimate of drug-likeness (QED) is 0.680. The van der Waals surface area contributed by atoms with Gasteiger partial charge in [0.25, 0.3) is 5.91 Å². The van der Waals surface area contributed by atoms with Crippen molar-refractivity contribution in [3.63, 3.8) is 0 Å². The average molecular weight is 444 g/mol. The van der Waals surface area contributed by atoms with Crippen LogP contribution >= 0.6 is 0 Å². The van der Waals surface area contributed by atoms with Gasteiger partial charge in [0.05, 0.1) is 0 Å². The molecule has 0 spiro atoms. The molecule has 1 aromatic rings. The highest BCUT2D eigenvalue weighted by Gasteiger charge is 2.25. The summed E-state index contributed by atoms with van der Waals surface area (Å²) in [5.74, 6) is 0.0421. The third kappa shape index (κ3) is 7.04. The number of carbonyl (C=O) groups excluding carboxylic acids is 2. The first-order valence-corrected chi connectivity index (χ1v) is 12.6. The lowest BCUT2D eigenvalue weighted by molar-refractivity contribution is -0.116. The van der Waals surface area contributed by atoms with E-state index in [-0.39, 0.29) is 11.8 Å². The molecule has 1 N–H and O–H groups in total. The molecular formula is C26H41N3O3. The Kier molecular flexibility index (Phi) is 10.0. The van der Waals surface area contributed by atoms with Crippen molar-refractivity contribution in [2.75, 3.05) is 37.7 Å². The largest absolute Gasteiger partial charge is 0.381 e. The van der Waals surface area contributed by atoms with Crippen molar-refractivity contribution < 1.29 is 14.3 Å². The van der Waals surface area contributed by atoms with E-state index in [1.165, 1.54) is 19.3 Å². The van der Waals surface area contributed by atoms with Gasteiger partial charge in [-0.3, -0.25) is 14.5 Å². The molecule has 32 heavy (non-hydrogen) atoms. The van der Waals surface area contributed by atoms with Crippen LogP contribution in [0.2, 0.25) is 0 Å². The number of amides is 2. The van der Waals surface area contributed by atoms with Gasteiger partial charge in [0.1, 0.15) is 0 Å². The Morgan fingerprint density at radius 2 is 1.78 bits per heavy atom. The summed E-state index contributed by atoms with van der Waals surface area (Å²) >= 11 is 0. The summed E-state index contributed by atoms with van der Waals surface area (Å²) in [6.07, 6.45) is 9.93. The van der Waals surface area contributed by atoms with Crippen molar-refractivity contribution in [1.29, 1.82) is 0 Å². The zero-order valence-corrected chi connectivity index (χ0v) is 20.0. The molecular weight excluding hydrogens is 402 g/mol. The van der Waals surface area contributed by atoms with E-state index in [0.717, 1.165) is 82.6 Å². The smallest absolute Gasteiger partial charge is 0.251 e. The van der Waals surface area contributed by atoms with Crippen LogP contribution in [0.25, 0.3) is 0 Å². The molecule has 0 aliphatic carbocycles. The molecule has 3 rings (SSSR count). The maximum absolute atomic E-state index is 12.8. The predicted octanol–water partition coefficient (Wildman–Crippen LogP) is 4.51. The van der Waals surface area contributed by atoms with E-state index < -0.39 is 0 Å². The van der Waals surface area contributed by atoms with Crippen molar-refractivity contribution in [2.24, 2.45) is 0 Å². The Morgan fingerprint density at radius 1 is 1.06 bits per heavy atom. The second kappa shape index (κ2) is 12.9. The minimum Gasteiger partial charge on any atom is -0.381 e. The number of rotatable bonds is 5. The molecule has 0 aromatic heterocycles. The number of ether oxygens (including phenoxy) is 1. The van der Waals surface area contributed by atoms with Crippen LogP contribution in [0.4, 0.5) is 5.69 Å². The van der Waals surface area contributed by atoms with Gasteiger partial charge in [-0.05, 0) is 62.4 Å². The van der Waals surface area contributed by atoms with E-state index in [4.69, 9.17) is 4.74 Å². The molecule has 0 bridgehead atoms. The third-order valence-electron chi connectivity index (χ3n) is 6.74. The molecule has 6 heteroatoms. The van der Waals surface area contributed by atoms with Crippen LogP contribution in [-0.4, -0.2) is 55.6 Å². The highest BCUT2D eigenvalue weighted by atomic mass is 16.5. The van der Waals surface area contributed by atoms with Crippen molar-refractivity contribution in [1.82, 2.24) is 10.2 Å². The third-order valence-corrected chi connectivity index (χ3v) is 6.74. The summed E-state index contributed by atoms with van der Waals surface area (Å²) in [7, 11) is 0. The van der Waals surface area contributed by atoms with Gasteiger partial charge in [-0.1, -0.05) is 32.6 Å². The van der Waals surface area contributed by atoms with Crippen LogP contribution in [0.1, 0.15) is 87.6 Å². The molecule has 1 saturated heterocycles. The Morgan fingerprint density at radius 3 is 2.50 bits per heavy atom. The van der Waals surface area contributed by atoms with Crippen LogP contribution < -0.4 is 10.2 Å². The second-order valence-electron chi connectivity index (χ2n) is 9.21. The summed E-state index contributed by atoms with van der Waals surface area (Å²) in [6.45, 7) is 8.64. The first-order valence-electron chi connectivity index (χ1n) is 12.6. The van der Waals surface area contributed by atoms with E-state index in [9.17, 15) is 9.59 Å². The maximum atomic E-state index is 12.8. The van der Waals surface area contributed by atoms with Gasteiger partial charge in [0.15, 0.2) is 0 Å². The molecule has 1 aromatic carbocycles. The first kappa shape index (κ1) is 24.7. The lowest BCUT2D eigenvalue weighted by Gasteiger charge is -2.36. The number of nitrogens with zero attached hydrogens (tertiary/aromatic N) is 2. The zero-order chi connectivity index (χ0) is 22.8. The van der Waals surface area contributed by atoms with Crippen molar-refractivity contribution in [3.05, 3.63) is 29.3 Å². The van der Waals surface area contributed by atoms with Crippen LogP contribution in [0.5, 0.6) is 0 Å². The number of unbranched alkanes of at least 4 members (excludes halogenated alkanes) is 1. The molecule has 0 radical (unpaired) electrons. The van der Waals surface area contributed by atoms with E-state index in [2.05, 4.69) is 17.1 Å². The summed E-state index contributed by atoms with van der Waals surface area (Å²) in [4.78, 5) is 29.8. The molecule has 0 saturated carbocycles. The van der Waals surface area contributed by atoms with E-state index in [1.54, 1.807) is 6.92 Å². The van der Waals surface area contributed by atoms with E-state index in [0.29, 0.717) is 18.2 Å². The van der Waals surface area contributed by atoms with Gasteiger partial charge >= 0.3 is 0 Å². The summed E-state index contributed by atoms with van der Waals surface area (Å²) in [5.41, 5.74) is 2.72. The fourth-order valence-electron chi connectivity index (χ4n) is 4.82. The molecule has 1 fully saturated rings. The molecule has 0 unspecified atom stereocenters. The summed E-state index contributed by atoms with van der Waals surface area (Å²) in [6, 6.07) is 6.37. The number of carbonyl (C=O) groups is 2.